The number of fused-ring (bicyclic) bond motifs is 1. The van der Waals surface area contributed by atoms with Gasteiger partial charge < -0.3 is 0 Å². The fourth-order valence-corrected chi connectivity index (χ4v) is 16.0. The van der Waals surface area contributed by atoms with Crippen LogP contribution < -0.4 is 0 Å². The minimum atomic E-state index is 0.630. The summed E-state index contributed by atoms with van der Waals surface area (Å²) < 4.78 is 3.01. The van der Waals surface area contributed by atoms with Crippen LogP contribution in [0.25, 0.3) is 0 Å². The summed E-state index contributed by atoms with van der Waals surface area (Å²) >= 11 is 10.6. The summed E-state index contributed by atoms with van der Waals surface area (Å²) in [5.74, 6) is 0. The molecular weight excluding hydrogens is 578 g/mol. The molecule has 0 N–H and O–H groups in total. The van der Waals surface area contributed by atoms with Gasteiger partial charge in [0, 0.05) is 12.7 Å². The first-order valence-corrected chi connectivity index (χ1v) is 7.59. The molecule has 0 aromatic rings. The van der Waals surface area contributed by atoms with E-state index in [1.807, 2.05) is 0 Å². The van der Waals surface area contributed by atoms with Crippen molar-refractivity contribution < 1.29 is 0 Å². The average molecular weight is 582 g/mol. The fraction of sp³-hybridized carbons (Fsp3) is 1.00. The predicted molar refractivity (Wildman–Crippen MR) is 79.0 cm³/mol. The summed E-state index contributed by atoms with van der Waals surface area (Å²) in [7, 11) is 2.41. The van der Waals surface area contributed by atoms with E-state index in [0.29, 0.717) is 6.74 Å². The number of hydrogen-bond acceptors (Lipinski definition) is 0. The van der Waals surface area contributed by atoms with Crippen molar-refractivity contribution in [2.45, 2.75) is 14.1 Å². The van der Waals surface area contributed by atoms with E-state index in [1.165, 1.54) is 0 Å². The second-order valence-corrected chi connectivity index (χ2v) is 10.3. The van der Waals surface area contributed by atoms with Gasteiger partial charge >= 0.3 is 0 Å². The van der Waals surface area contributed by atoms with Crippen molar-refractivity contribution in [1.82, 2.24) is 0 Å². The van der Waals surface area contributed by atoms with E-state index in [-0.39, 0.29) is 0 Å². The standard InChI is InChI=1S/C5H3BI4/c6-5(10)2-1(7)3(2,8)4(2,5)9/h1H,6H2. The summed E-state index contributed by atoms with van der Waals surface area (Å²) in [4.78, 5) is 0. The van der Waals surface area contributed by atoms with Crippen LogP contribution in [0.3, 0.4) is 0 Å². The van der Waals surface area contributed by atoms with Crippen LogP contribution in [0.15, 0.2) is 0 Å². The molecule has 3 rings (SSSR count). The van der Waals surface area contributed by atoms with Crippen LogP contribution in [-0.4, -0.2) is 21.9 Å². The summed E-state index contributed by atoms with van der Waals surface area (Å²) in [6, 6.07) is 0. The Morgan fingerprint density at radius 1 is 1.20 bits per heavy atom. The molecule has 3 fully saturated rings. The zero-order chi connectivity index (χ0) is 7.58. The molecule has 0 aromatic heterocycles. The molecule has 3 saturated carbocycles. The molecule has 10 heavy (non-hydrogen) atoms. The van der Waals surface area contributed by atoms with Crippen LogP contribution in [-0.2, 0) is 0 Å². The Balaban J connectivity index is 2.12. The third-order valence-electron chi connectivity index (χ3n) is 3.53. The minimum Gasteiger partial charge on any atom is -0.0865 e. The molecule has 3 aliphatic rings. The average Bonchev–Trinajstić information content (AvgIpc) is 2.59. The monoisotopic (exact) mass is 582 g/mol. The van der Waals surface area contributed by atoms with Gasteiger partial charge in [0.05, 0.1) is 6.84 Å². The zero-order valence-corrected chi connectivity index (χ0v) is 13.7. The second-order valence-electron chi connectivity index (χ2n) is 3.54. The largest absolute Gasteiger partial charge is 0.125 e. The Labute approximate surface area is 115 Å². The van der Waals surface area contributed by atoms with E-state index in [2.05, 4.69) is 98.2 Å². The maximum Gasteiger partial charge on any atom is 0.125 e. The van der Waals surface area contributed by atoms with Gasteiger partial charge in [-0.15, -0.1) is 0 Å². The molecule has 1 spiro atoms. The molecule has 0 bridgehead atoms. The molecule has 0 amide bonds. The molecule has 0 radical (unpaired) electrons. The molecule has 3 aliphatic carbocycles. The molecule has 54 valence electrons. The lowest BCUT2D eigenvalue weighted by molar-refractivity contribution is 0.974. The van der Waals surface area contributed by atoms with Gasteiger partial charge in [-0.2, -0.15) is 0 Å². The van der Waals surface area contributed by atoms with Crippen molar-refractivity contribution in [3.8, 4) is 0 Å². The van der Waals surface area contributed by atoms with Crippen LogP contribution in [0.1, 0.15) is 0 Å². The molecule has 0 nitrogen and oxygen atoms in total. The highest BCUT2D eigenvalue weighted by Crippen LogP contribution is 3.15. The van der Waals surface area contributed by atoms with Crippen molar-refractivity contribution in [2.24, 2.45) is 5.41 Å². The summed E-state index contributed by atoms with van der Waals surface area (Å²) in [5.41, 5.74) is 0.759. The number of alkyl halides is 4. The van der Waals surface area contributed by atoms with Crippen LogP contribution in [0.2, 0.25) is 0 Å². The molecule has 0 saturated heterocycles. The number of halogens is 4. The van der Waals surface area contributed by atoms with E-state index in [0.717, 1.165) is 12.8 Å². The maximum absolute atomic E-state index is 2.68. The Hall–Kier alpha value is 2.98. The normalized spacial score (nSPS) is 89.0. The Kier molecular flexibility index (Phi) is 1.34. The molecular formula is C5H3BI4. The molecule has 5 heteroatoms. The maximum atomic E-state index is 2.68. The highest BCUT2D eigenvalue weighted by Gasteiger charge is 3.24. The first-order valence-electron chi connectivity index (χ1n) is 3.11. The van der Waals surface area contributed by atoms with E-state index in [1.54, 1.807) is 0 Å². The lowest BCUT2D eigenvalue weighted by Gasteiger charge is -2.15. The Morgan fingerprint density at radius 3 is 1.70 bits per heavy atom. The topological polar surface area (TPSA) is 0 Å². The third kappa shape index (κ3) is 0.376. The van der Waals surface area contributed by atoms with Crippen molar-refractivity contribution in [3.05, 3.63) is 0 Å². The smallest absolute Gasteiger partial charge is 0.0865 e. The quantitative estimate of drug-likeness (QED) is 0.233. The van der Waals surface area contributed by atoms with Crippen molar-refractivity contribution in [1.29, 1.82) is 0 Å². The third-order valence-corrected chi connectivity index (χ3v) is 15.4. The minimum absolute atomic E-state index is 0.630. The van der Waals surface area contributed by atoms with Gasteiger partial charge in [0.25, 0.3) is 0 Å². The highest BCUT2D eigenvalue weighted by molar-refractivity contribution is 14.1. The first-order chi connectivity index (χ1) is 4.40. The summed E-state index contributed by atoms with van der Waals surface area (Å²) in [5, 5.41) is 0. The van der Waals surface area contributed by atoms with Gasteiger partial charge in [-0.25, -0.2) is 0 Å². The molecule has 0 heterocycles. The molecule has 5 unspecified atom stereocenters. The fourth-order valence-electron chi connectivity index (χ4n) is 2.72. The number of rotatable bonds is 0. The molecule has 5 atom stereocenters. The van der Waals surface area contributed by atoms with Gasteiger partial charge in [0.15, 0.2) is 0 Å². The van der Waals surface area contributed by atoms with Crippen molar-refractivity contribution in [2.75, 3.05) is 0 Å². The van der Waals surface area contributed by atoms with Crippen LogP contribution >= 0.6 is 90.4 Å². The lowest BCUT2D eigenvalue weighted by Crippen LogP contribution is -2.26. The summed E-state index contributed by atoms with van der Waals surface area (Å²) in [6.45, 7) is 0. The van der Waals surface area contributed by atoms with Gasteiger partial charge in [-0.1, -0.05) is 90.4 Å². The molecule has 0 aromatic carbocycles. The van der Waals surface area contributed by atoms with E-state index in [4.69, 9.17) is 0 Å². The Morgan fingerprint density at radius 2 is 1.70 bits per heavy atom. The predicted octanol–water partition coefficient (Wildman–Crippen LogP) is 1.93. The van der Waals surface area contributed by atoms with Gasteiger partial charge in [-0.3, -0.25) is 0 Å². The van der Waals surface area contributed by atoms with Gasteiger partial charge in [0.2, 0.25) is 0 Å². The van der Waals surface area contributed by atoms with Crippen LogP contribution in [0, 0.1) is 5.41 Å². The SMILES string of the molecule is BC1(I)C2(I)C3(I)C(I)C132. The van der Waals surface area contributed by atoms with Gasteiger partial charge in [0.1, 0.15) is 7.85 Å². The van der Waals surface area contributed by atoms with Gasteiger partial charge in [-0.05, 0) is 0 Å². The van der Waals surface area contributed by atoms with E-state index in [9.17, 15) is 0 Å². The van der Waals surface area contributed by atoms with Crippen molar-refractivity contribution >= 4 is 98.2 Å². The molecule has 0 aliphatic heterocycles. The first kappa shape index (κ1) is 8.31. The van der Waals surface area contributed by atoms with E-state index >= 15 is 0 Å². The second kappa shape index (κ2) is 1.61. The highest BCUT2D eigenvalue weighted by atomic mass is 127. The lowest BCUT2D eigenvalue weighted by atomic mass is 9.93. The number of hydrogen-bond donors (Lipinski definition) is 0. The summed E-state index contributed by atoms with van der Waals surface area (Å²) in [6.07, 6.45) is 0. The van der Waals surface area contributed by atoms with Crippen LogP contribution in [0.4, 0.5) is 0 Å². The van der Waals surface area contributed by atoms with E-state index < -0.39 is 0 Å². The van der Waals surface area contributed by atoms with Crippen LogP contribution in [0.5, 0.6) is 0 Å². The van der Waals surface area contributed by atoms with Crippen molar-refractivity contribution in [3.63, 3.8) is 0 Å². The Bertz CT molecular complexity index is 251. The zero-order valence-electron chi connectivity index (χ0n) is 5.09.